The van der Waals surface area contributed by atoms with Gasteiger partial charge in [0.1, 0.15) is 5.60 Å². The van der Waals surface area contributed by atoms with Gasteiger partial charge in [0, 0.05) is 23.4 Å². The molecule has 0 N–H and O–H groups in total. The molecule has 0 bridgehead atoms. The van der Waals surface area contributed by atoms with E-state index in [2.05, 4.69) is 0 Å². The van der Waals surface area contributed by atoms with Crippen LogP contribution in [0.2, 0.25) is 5.02 Å². The Labute approximate surface area is 200 Å². The Morgan fingerprint density at radius 2 is 1.73 bits per heavy atom. The third-order valence-electron chi connectivity index (χ3n) is 5.21. The molecule has 1 heterocycles. The quantitative estimate of drug-likeness (QED) is 0.336. The maximum absolute atomic E-state index is 13.0. The lowest BCUT2D eigenvalue weighted by Crippen LogP contribution is -2.33. The van der Waals surface area contributed by atoms with Crippen LogP contribution in [0.25, 0.3) is 10.8 Å². The Kier molecular flexibility index (Phi) is 8.27. The van der Waals surface area contributed by atoms with Gasteiger partial charge in [-0.05, 0) is 71.0 Å². The number of carbonyl (C=O) groups is 1. The first kappa shape index (κ1) is 24.9. The topological polar surface area (TPSA) is 64.4 Å². The summed E-state index contributed by atoms with van der Waals surface area (Å²) in [5.74, 6) is -0.232. The van der Waals surface area contributed by atoms with Gasteiger partial charge >= 0.3 is 5.97 Å². The zero-order chi connectivity index (χ0) is 24.0. The summed E-state index contributed by atoms with van der Waals surface area (Å²) >= 11 is 6.01. The number of carbonyl (C=O) groups excluding carboxylic acids is 1. The molecular formula is C26H32ClN3O3. The number of likely N-dealkylation sites (N-methyl/N-ethyl adjacent to an activating group) is 1. The minimum atomic E-state index is -0.482. The minimum Gasteiger partial charge on any atom is -0.459 e. The van der Waals surface area contributed by atoms with E-state index in [4.69, 9.17) is 21.4 Å². The van der Waals surface area contributed by atoms with Crippen LogP contribution in [0.15, 0.2) is 53.3 Å². The summed E-state index contributed by atoms with van der Waals surface area (Å²) in [5.41, 5.74) is 1.40. The summed E-state index contributed by atoms with van der Waals surface area (Å²) < 4.78 is 6.94. The molecule has 6 nitrogen and oxygen atoms in total. The third kappa shape index (κ3) is 7.41. The van der Waals surface area contributed by atoms with Crippen molar-refractivity contribution in [1.82, 2.24) is 14.7 Å². The number of rotatable bonds is 9. The first-order valence-corrected chi connectivity index (χ1v) is 11.6. The van der Waals surface area contributed by atoms with Crippen LogP contribution in [0.5, 0.6) is 0 Å². The van der Waals surface area contributed by atoms with Crippen molar-refractivity contribution in [1.29, 1.82) is 0 Å². The minimum absolute atomic E-state index is 0.0763. The van der Waals surface area contributed by atoms with Crippen LogP contribution < -0.4 is 5.56 Å². The Morgan fingerprint density at radius 3 is 2.39 bits per heavy atom. The molecular weight excluding hydrogens is 438 g/mol. The second-order valence-corrected chi connectivity index (χ2v) is 9.79. The van der Waals surface area contributed by atoms with Crippen LogP contribution >= 0.6 is 11.6 Å². The molecule has 0 fully saturated rings. The predicted octanol–water partition coefficient (Wildman–Crippen LogP) is 4.69. The van der Waals surface area contributed by atoms with E-state index in [0.29, 0.717) is 23.4 Å². The standard InChI is InChI=1S/C26H32ClN3O3/c1-26(2,3)33-24(31)18-29(4)15-7-8-16-30-25(32)22-10-6-5-9-21(22)23(28-30)17-19-11-13-20(27)14-12-19/h5-6,9-14H,7-8,15-18H2,1-4H3. The highest BCUT2D eigenvalue weighted by Crippen LogP contribution is 2.18. The molecule has 0 atom stereocenters. The van der Waals surface area contributed by atoms with Crippen LogP contribution in [0.1, 0.15) is 44.9 Å². The number of nitrogens with zero attached hydrogens (tertiary/aromatic N) is 3. The summed E-state index contributed by atoms with van der Waals surface area (Å²) in [4.78, 5) is 26.9. The van der Waals surface area contributed by atoms with Crippen LogP contribution in [-0.4, -0.2) is 46.4 Å². The second kappa shape index (κ2) is 10.9. The molecule has 176 valence electrons. The Bertz CT molecular complexity index is 1150. The third-order valence-corrected chi connectivity index (χ3v) is 5.46. The molecule has 0 aliphatic carbocycles. The number of esters is 1. The van der Waals surface area contributed by atoms with E-state index in [0.717, 1.165) is 36.0 Å². The largest absolute Gasteiger partial charge is 0.459 e. The summed E-state index contributed by atoms with van der Waals surface area (Å²) in [7, 11) is 1.90. The van der Waals surface area contributed by atoms with Gasteiger partial charge in [0.25, 0.3) is 5.56 Å². The number of benzene rings is 2. The number of hydrogen-bond acceptors (Lipinski definition) is 5. The van der Waals surface area contributed by atoms with Crippen LogP contribution in [0, 0.1) is 0 Å². The zero-order valence-electron chi connectivity index (χ0n) is 19.8. The highest BCUT2D eigenvalue weighted by atomic mass is 35.5. The van der Waals surface area contributed by atoms with E-state index >= 15 is 0 Å². The number of hydrogen-bond donors (Lipinski definition) is 0. The van der Waals surface area contributed by atoms with Crippen molar-refractivity contribution in [2.45, 2.75) is 52.2 Å². The average molecular weight is 470 g/mol. The zero-order valence-corrected chi connectivity index (χ0v) is 20.6. The normalized spacial score (nSPS) is 11.8. The summed E-state index contributed by atoms with van der Waals surface area (Å²) in [6.07, 6.45) is 2.24. The molecule has 3 rings (SSSR count). The van der Waals surface area contributed by atoms with Crippen molar-refractivity contribution in [3.63, 3.8) is 0 Å². The van der Waals surface area contributed by atoms with Crippen molar-refractivity contribution in [2.75, 3.05) is 20.1 Å². The van der Waals surface area contributed by atoms with E-state index in [1.165, 1.54) is 0 Å². The van der Waals surface area contributed by atoms with E-state index in [9.17, 15) is 9.59 Å². The summed E-state index contributed by atoms with van der Waals surface area (Å²) in [5, 5.41) is 6.96. The van der Waals surface area contributed by atoms with Crippen molar-refractivity contribution in [2.24, 2.45) is 0 Å². The lowest BCUT2D eigenvalue weighted by molar-refractivity contribution is -0.155. The number of ether oxygens (including phenoxy) is 1. The summed E-state index contributed by atoms with van der Waals surface area (Å²) in [6.45, 7) is 7.09. The van der Waals surface area contributed by atoms with Gasteiger partial charge in [0.15, 0.2) is 0 Å². The summed E-state index contributed by atoms with van der Waals surface area (Å²) in [6, 6.07) is 15.3. The molecule has 0 spiro atoms. The number of aryl methyl sites for hydroxylation is 1. The lowest BCUT2D eigenvalue weighted by Gasteiger charge is -2.22. The van der Waals surface area contributed by atoms with Crippen molar-refractivity contribution in [3.8, 4) is 0 Å². The number of fused-ring (bicyclic) bond motifs is 1. The van der Waals surface area contributed by atoms with Gasteiger partial charge in [0.2, 0.25) is 0 Å². The van der Waals surface area contributed by atoms with Gasteiger partial charge in [-0.2, -0.15) is 5.10 Å². The highest BCUT2D eigenvalue weighted by Gasteiger charge is 2.17. The van der Waals surface area contributed by atoms with E-state index in [-0.39, 0.29) is 18.1 Å². The Hall–Kier alpha value is -2.70. The maximum Gasteiger partial charge on any atom is 0.320 e. The molecule has 0 amide bonds. The van der Waals surface area contributed by atoms with Crippen LogP contribution in [0.3, 0.4) is 0 Å². The fourth-order valence-electron chi connectivity index (χ4n) is 3.70. The molecule has 0 aliphatic heterocycles. The van der Waals surface area contributed by atoms with Crippen molar-refractivity contribution >= 4 is 28.3 Å². The van der Waals surface area contributed by atoms with Gasteiger partial charge in [-0.15, -0.1) is 0 Å². The van der Waals surface area contributed by atoms with Crippen LogP contribution in [0.4, 0.5) is 0 Å². The predicted molar refractivity (Wildman–Crippen MR) is 133 cm³/mol. The molecule has 0 saturated carbocycles. The van der Waals surface area contributed by atoms with E-state index in [1.54, 1.807) is 4.68 Å². The maximum atomic E-state index is 13.0. The highest BCUT2D eigenvalue weighted by molar-refractivity contribution is 6.30. The van der Waals surface area contributed by atoms with Crippen LogP contribution in [-0.2, 0) is 22.5 Å². The average Bonchev–Trinajstić information content (AvgIpc) is 2.74. The molecule has 0 radical (unpaired) electrons. The number of unbranched alkanes of at least 4 members (excludes halogenated alkanes) is 1. The number of halogens is 1. The Balaban J connectivity index is 1.65. The first-order chi connectivity index (χ1) is 15.6. The van der Waals surface area contributed by atoms with Gasteiger partial charge in [-0.25, -0.2) is 4.68 Å². The smallest absolute Gasteiger partial charge is 0.320 e. The molecule has 0 aliphatic rings. The van der Waals surface area contributed by atoms with Crippen molar-refractivity contribution < 1.29 is 9.53 Å². The van der Waals surface area contributed by atoms with Gasteiger partial charge in [-0.3, -0.25) is 14.5 Å². The van der Waals surface area contributed by atoms with Crippen molar-refractivity contribution in [3.05, 3.63) is 75.2 Å². The fourth-order valence-corrected chi connectivity index (χ4v) is 3.83. The molecule has 1 aromatic heterocycles. The van der Waals surface area contributed by atoms with E-state index in [1.807, 2.05) is 81.2 Å². The molecule has 2 aromatic carbocycles. The first-order valence-electron chi connectivity index (χ1n) is 11.3. The second-order valence-electron chi connectivity index (χ2n) is 9.36. The number of aromatic nitrogens is 2. The van der Waals surface area contributed by atoms with Gasteiger partial charge in [0.05, 0.1) is 17.6 Å². The molecule has 0 saturated heterocycles. The molecule has 33 heavy (non-hydrogen) atoms. The SMILES string of the molecule is CN(CCCCn1nc(Cc2ccc(Cl)cc2)c2ccccc2c1=O)CC(=O)OC(C)(C)C. The van der Waals surface area contributed by atoms with E-state index < -0.39 is 5.60 Å². The Morgan fingerprint density at radius 1 is 1.06 bits per heavy atom. The monoisotopic (exact) mass is 469 g/mol. The van der Waals surface area contributed by atoms with Gasteiger partial charge in [-0.1, -0.05) is 41.9 Å². The lowest BCUT2D eigenvalue weighted by atomic mass is 10.0. The molecule has 0 unspecified atom stereocenters. The van der Waals surface area contributed by atoms with Gasteiger partial charge < -0.3 is 4.74 Å². The fraction of sp³-hybridized carbons (Fsp3) is 0.423. The molecule has 7 heteroatoms. The molecule has 3 aromatic rings.